The lowest BCUT2D eigenvalue weighted by atomic mass is 9.80. The number of anilines is 3. The average Bonchev–Trinajstić information content (AvgIpc) is 3.04. The second kappa shape index (κ2) is 10.8. The van der Waals surface area contributed by atoms with E-state index in [1.807, 2.05) is 53.8 Å². The van der Waals surface area contributed by atoms with Gasteiger partial charge >= 0.3 is 7.12 Å². The Morgan fingerprint density at radius 3 is 2.30 bits per heavy atom. The van der Waals surface area contributed by atoms with Crippen molar-refractivity contribution in [3.8, 4) is 0 Å². The lowest BCUT2D eigenvalue weighted by molar-refractivity contribution is -0.0691. The fourth-order valence-electron chi connectivity index (χ4n) is 4.84. The highest BCUT2D eigenvalue weighted by Crippen LogP contribution is 2.36. The zero-order valence-corrected chi connectivity index (χ0v) is 23.6. The second-order valence-electron chi connectivity index (χ2n) is 10.9. The molecule has 1 N–H and O–H groups in total. The van der Waals surface area contributed by atoms with Crippen LogP contribution < -0.4 is 21.2 Å². The van der Waals surface area contributed by atoms with Crippen LogP contribution in [0.3, 0.4) is 0 Å². The zero-order chi connectivity index (χ0) is 27.0. The molecule has 2 aromatic heterocycles. The second-order valence-corrected chi connectivity index (χ2v) is 10.9. The average molecular weight is 511 g/mol. The first-order chi connectivity index (χ1) is 17.5. The van der Waals surface area contributed by atoms with Crippen molar-refractivity contribution in [3.05, 3.63) is 40.9 Å². The highest BCUT2D eigenvalue weighted by molar-refractivity contribution is 6.62. The molecule has 3 aliphatic heterocycles. The molecule has 1 atom stereocenters. The molecule has 0 amide bonds. The maximum Gasteiger partial charge on any atom is 0.496 e. The third-order valence-corrected chi connectivity index (χ3v) is 7.87. The van der Waals surface area contributed by atoms with Crippen molar-refractivity contribution in [1.82, 2.24) is 14.5 Å². The quantitative estimate of drug-likeness (QED) is 0.614. The molecule has 0 bridgehead atoms. The molecule has 37 heavy (non-hydrogen) atoms. The normalized spacial score (nSPS) is 23.3. The highest BCUT2D eigenvalue weighted by atomic mass is 16.7. The van der Waals surface area contributed by atoms with E-state index in [0.29, 0.717) is 23.6 Å². The van der Waals surface area contributed by atoms with Gasteiger partial charge in [-0.25, -0.2) is 4.98 Å². The van der Waals surface area contributed by atoms with Crippen LogP contribution >= 0.6 is 0 Å². The van der Waals surface area contributed by atoms with Crippen LogP contribution in [0.25, 0.3) is 0 Å². The lowest BCUT2D eigenvalue weighted by Gasteiger charge is -2.46. The molecule has 0 radical (unpaired) electrons. The number of nitrogens with one attached hydrogen (secondary N) is 1. The van der Waals surface area contributed by atoms with Gasteiger partial charge in [0.15, 0.2) is 0 Å². The van der Waals surface area contributed by atoms with Gasteiger partial charge in [0.05, 0.1) is 42.3 Å². The Kier molecular flexibility index (Phi) is 8.04. The fraction of sp³-hybridized carbons (Fsp3) is 0.630. The molecule has 5 rings (SSSR count). The van der Waals surface area contributed by atoms with Crippen LogP contribution in [0.2, 0.25) is 0 Å². The number of rotatable bonds is 5. The summed E-state index contributed by atoms with van der Waals surface area (Å²) in [5.41, 5.74) is 1.27. The van der Waals surface area contributed by atoms with Crippen molar-refractivity contribution >= 4 is 29.8 Å². The van der Waals surface area contributed by atoms with Gasteiger partial charge in [-0.2, -0.15) is 0 Å². The highest BCUT2D eigenvalue weighted by Gasteiger charge is 2.52. The summed E-state index contributed by atoms with van der Waals surface area (Å²) >= 11 is 0. The number of hydrogen-bond donors (Lipinski definition) is 1. The summed E-state index contributed by atoms with van der Waals surface area (Å²) in [5.74, 6) is 0.620. The Hall–Kier alpha value is -2.40. The van der Waals surface area contributed by atoms with E-state index in [9.17, 15) is 4.79 Å². The summed E-state index contributed by atoms with van der Waals surface area (Å²) in [6.45, 7) is 19.0. The molecule has 2 aromatic rings. The number of piperazine rings is 1. The van der Waals surface area contributed by atoms with Crippen LogP contribution in [0.15, 0.2) is 35.4 Å². The molecule has 0 aromatic carbocycles. The number of pyridine rings is 2. The third-order valence-electron chi connectivity index (χ3n) is 7.87. The predicted molar refractivity (Wildman–Crippen MR) is 149 cm³/mol. The topological polar surface area (TPSA) is 81.1 Å². The SMILES string of the molecule is CC.C[C@H]1CN(C2COC2)CCN1c1ccc(Nc2cc(B3OC(C)(C)C(C)(C)O3)cn(C)c2=O)nc1. The van der Waals surface area contributed by atoms with Gasteiger partial charge in [0.1, 0.15) is 11.5 Å². The van der Waals surface area contributed by atoms with Crippen molar-refractivity contribution in [2.24, 2.45) is 7.05 Å². The molecule has 0 spiro atoms. The Balaban J connectivity index is 0.00000156. The predicted octanol–water partition coefficient (Wildman–Crippen LogP) is 2.76. The van der Waals surface area contributed by atoms with Crippen LogP contribution in [0.1, 0.15) is 48.5 Å². The van der Waals surface area contributed by atoms with E-state index in [4.69, 9.17) is 14.0 Å². The number of ether oxygens (including phenoxy) is 1. The summed E-state index contributed by atoms with van der Waals surface area (Å²) in [6, 6.07) is 6.76. The summed E-state index contributed by atoms with van der Waals surface area (Å²) in [4.78, 5) is 22.4. The summed E-state index contributed by atoms with van der Waals surface area (Å²) < 4.78 is 19.3. The maximum absolute atomic E-state index is 12.8. The van der Waals surface area contributed by atoms with E-state index in [0.717, 1.165) is 44.0 Å². The largest absolute Gasteiger partial charge is 0.496 e. The standard InChI is InChI=1S/C25H36BN5O4.C2H6/c1-17-13-30(20-15-33-16-20)9-10-31(17)19-7-8-22(27-12-19)28-21-11-18(14-29(6)23(21)32)26-34-24(2,3)25(4,5)35-26;1-2/h7-8,11-12,14,17,20H,9-10,13,15-16H2,1-6H3,(H,27,28);1-2H3/t17-;/m0./s1. The lowest BCUT2D eigenvalue weighted by Crippen LogP contribution is -2.59. The molecule has 0 saturated carbocycles. The number of nitrogens with zero attached hydrogens (tertiary/aromatic N) is 4. The van der Waals surface area contributed by atoms with E-state index >= 15 is 0 Å². The maximum atomic E-state index is 12.8. The third kappa shape index (κ3) is 5.57. The van der Waals surface area contributed by atoms with Gasteiger partial charge in [0, 0.05) is 44.4 Å². The molecule has 202 valence electrons. The van der Waals surface area contributed by atoms with Crippen LogP contribution in [0, 0.1) is 0 Å². The smallest absolute Gasteiger partial charge is 0.399 e. The molecule has 3 saturated heterocycles. The van der Waals surface area contributed by atoms with Crippen molar-refractivity contribution in [2.75, 3.05) is 43.1 Å². The van der Waals surface area contributed by atoms with Crippen molar-refractivity contribution in [2.45, 2.75) is 71.8 Å². The van der Waals surface area contributed by atoms with E-state index in [-0.39, 0.29) is 5.56 Å². The minimum absolute atomic E-state index is 0.138. The molecule has 9 nitrogen and oxygen atoms in total. The van der Waals surface area contributed by atoms with Gasteiger partial charge < -0.3 is 28.8 Å². The number of aryl methyl sites for hydroxylation is 1. The first-order valence-corrected chi connectivity index (χ1v) is 13.4. The zero-order valence-electron chi connectivity index (χ0n) is 23.6. The van der Waals surface area contributed by atoms with Gasteiger partial charge in [-0.1, -0.05) is 13.8 Å². The minimum Gasteiger partial charge on any atom is -0.399 e. The van der Waals surface area contributed by atoms with E-state index in [1.165, 1.54) is 0 Å². The number of aromatic nitrogens is 2. The molecule has 3 fully saturated rings. The van der Waals surface area contributed by atoms with Gasteiger partial charge in [-0.3, -0.25) is 9.69 Å². The first-order valence-electron chi connectivity index (χ1n) is 13.4. The first kappa shape index (κ1) is 27.6. The Morgan fingerprint density at radius 1 is 1.08 bits per heavy atom. The van der Waals surface area contributed by atoms with Crippen LogP contribution in [0.4, 0.5) is 17.2 Å². The van der Waals surface area contributed by atoms with E-state index in [1.54, 1.807) is 23.9 Å². The number of hydrogen-bond acceptors (Lipinski definition) is 8. The molecule has 5 heterocycles. The van der Waals surface area contributed by atoms with Crippen LogP contribution in [-0.2, 0) is 21.1 Å². The summed E-state index contributed by atoms with van der Waals surface area (Å²) in [6.07, 6.45) is 3.65. The van der Waals surface area contributed by atoms with Crippen molar-refractivity contribution in [1.29, 1.82) is 0 Å². The van der Waals surface area contributed by atoms with Crippen LogP contribution in [-0.4, -0.2) is 77.7 Å². The van der Waals surface area contributed by atoms with Crippen molar-refractivity contribution in [3.63, 3.8) is 0 Å². The summed E-state index contributed by atoms with van der Waals surface area (Å²) in [5, 5.41) is 3.20. The molecule has 0 unspecified atom stereocenters. The monoisotopic (exact) mass is 511 g/mol. The molecule has 10 heteroatoms. The van der Waals surface area contributed by atoms with Gasteiger partial charge in [0.2, 0.25) is 0 Å². The van der Waals surface area contributed by atoms with Gasteiger partial charge in [-0.05, 0) is 52.8 Å². The molecule has 0 aliphatic carbocycles. The fourth-order valence-corrected chi connectivity index (χ4v) is 4.84. The molecular formula is C27H42BN5O4. The minimum atomic E-state index is -0.547. The van der Waals surface area contributed by atoms with Gasteiger partial charge in [-0.15, -0.1) is 0 Å². The van der Waals surface area contributed by atoms with E-state index < -0.39 is 18.3 Å². The van der Waals surface area contributed by atoms with Crippen molar-refractivity contribution < 1.29 is 14.0 Å². The molecular weight excluding hydrogens is 469 g/mol. The Morgan fingerprint density at radius 2 is 1.76 bits per heavy atom. The van der Waals surface area contributed by atoms with E-state index in [2.05, 4.69) is 33.1 Å². The van der Waals surface area contributed by atoms with Gasteiger partial charge in [0.25, 0.3) is 5.56 Å². The summed E-state index contributed by atoms with van der Waals surface area (Å²) in [7, 11) is 1.18. The Bertz CT molecular complexity index is 1120. The van der Waals surface area contributed by atoms with Crippen LogP contribution in [0.5, 0.6) is 0 Å². The molecule has 3 aliphatic rings. The Labute approximate surface area is 221 Å².